The summed E-state index contributed by atoms with van der Waals surface area (Å²) < 4.78 is 16.3. The Morgan fingerprint density at radius 2 is 1.69 bits per heavy atom. The van der Waals surface area contributed by atoms with Crippen LogP contribution in [0.1, 0.15) is 48.0 Å². The Morgan fingerprint density at radius 3 is 2.08 bits per heavy atom. The van der Waals surface area contributed by atoms with Gasteiger partial charge in [-0.3, -0.25) is 4.79 Å². The van der Waals surface area contributed by atoms with Crippen LogP contribution < -0.4 is 5.32 Å². The van der Waals surface area contributed by atoms with Crippen molar-refractivity contribution in [3.63, 3.8) is 0 Å². The molecule has 152 valence electrons. The van der Waals surface area contributed by atoms with Crippen LogP contribution in [-0.4, -0.2) is 45.7 Å². The van der Waals surface area contributed by atoms with E-state index >= 15 is 0 Å². The smallest absolute Gasteiger partial charge is 0.407 e. The third-order valence-corrected chi connectivity index (χ3v) is 9.08. The highest BCUT2D eigenvalue weighted by Crippen LogP contribution is 2.37. The standard InChI is InChI=1S/C19H37NO5Si/c1-11-14(13-24-26(9,10)19(5,6)7)15(12-16(21)23-8)20-17(22)25-18(2,3)4/h11,14-15H,1,12-13H2,2-10H3,(H,20,22)/t14-,15+/m0/s1. The third-order valence-electron chi connectivity index (χ3n) is 4.58. The first-order chi connectivity index (χ1) is 11.6. The zero-order valence-corrected chi connectivity index (χ0v) is 18.9. The zero-order valence-electron chi connectivity index (χ0n) is 17.9. The van der Waals surface area contributed by atoms with Gasteiger partial charge in [0.15, 0.2) is 8.32 Å². The lowest BCUT2D eigenvalue weighted by Gasteiger charge is -2.38. The van der Waals surface area contributed by atoms with Crippen LogP contribution in [0, 0.1) is 5.92 Å². The van der Waals surface area contributed by atoms with E-state index in [1.54, 1.807) is 26.8 Å². The zero-order chi connectivity index (χ0) is 20.8. The summed E-state index contributed by atoms with van der Waals surface area (Å²) in [5.41, 5.74) is -0.624. The van der Waals surface area contributed by atoms with Crippen LogP contribution in [0.4, 0.5) is 4.79 Å². The number of alkyl carbamates (subject to hydrolysis) is 1. The molecule has 6 nitrogen and oxygen atoms in total. The van der Waals surface area contributed by atoms with E-state index in [4.69, 9.17) is 13.9 Å². The number of hydrogen-bond acceptors (Lipinski definition) is 5. The van der Waals surface area contributed by atoms with E-state index in [-0.39, 0.29) is 17.4 Å². The summed E-state index contributed by atoms with van der Waals surface area (Å²) in [7, 11) is -0.643. The molecule has 0 heterocycles. The summed E-state index contributed by atoms with van der Waals surface area (Å²) in [5, 5.41) is 2.83. The van der Waals surface area contributed by atoms with Gasteiger partial charge in [-0.2, -0.15) is 0 Å². The van der Waals surface area contributed by atoms with Crippen LogP contribution >= 0.6 is 0 Å². The summed E-state index contributed by atoms with van der Waals surface area (Å²) in [5.74, 6) is -0.652. The van der Waals surface area contributed by atoms with Gasteiger partial charge in [-0.1, -0.05) is 26.8 Å². The highest BCUT2D eigenvalue weighted by molar-refractivity contribution is 6.74. The molecule has 1 amide bonds. The van der Waals surface area contributed by atoms with Crippen molar-refractivity contribution >= 4 is 20.4 Å². The van der Waals surface area contributed by atoms with Gasteiger partial charge in [-0.15, -0.1) is 6.58 Å². The monoisotopic (exact) mass is 387 g/mol. The molecule has 26 heavy (non-hydrogen) atoms. The first-order valence-corrected chi connectivity index (χ1v) is 11.9. The van der Waals surface area contributed by atoms with Gasteiger partial charge < -0.3 is 19.2 Å². The lowest BCUT2D eigenvalue weighted by Crippen LogP contribution is -2.47. The predicted octanol–water partition coefficient (Wildman–Crippen LogP) is 4.27. The summed E-state index contributed by atoms with van der Waals surface area (Å²) in [6.07, 6.45) is 1.15. The second kappa shape index (κ2) is 9.55. The molecule has 2 atom stereocenters. The van der Waals surface area contributed by atoms with Crippen LogP contribution in [0.5, 0.6) is 0 Å². The van der Waals surface area contributed by atoms with Gasteiger partial charge >= 0.3 is 12.1 Å². The molecule has 0 saturated carbocycles. The molecule has 0 spiro atoms. The quantitative estimate of drug-likeness (QED) is 0.382. The molecule has 7 heteroatoms. The van der Waals surface area contributed by atoms with Gasteiger partial charge in [0.2, 0.25) is 0 Å². The van der Waals surface area contributed by atoms with Crippen molar-refractivity contribution in [3.05, 3.63) is 12.7 Å². The van der Waals surface area contributed by atoms with Gasteiger partial charge in [0.25, 0.3) is 0 Å². The van der Waals surface area contributed by atoms with Crippen LogP contribution in [0.2, 0.25) is 18.1 Å². The van der Waals surface area contributed by atoms with Gasteiger partial charge in [0.1, 0.15) is 5.60 Å². The van der Waals surface area contributed by atoms with Crippen molar-refractivity contribution in [2.75, 3.05) is 13.7 Å². The Kier molecular flexibility index (Phi) is 9.06. The molecule has 0 saturated heterocycles. The molecule has 0 radical (unpaired) electrons. The minimum Gasteiger partial charge on any atom is -0.469 e. The maximum Gasteiger partial charge on any atom is 0.407 e. The summed E-state index contributed by atoms with van der Waals surface area (Å²) in [4.78, 5) is 24.0. The second-order valence-corrected chi connectivity index (χ2v) is 13.8. The van der Waals surface area contributed by atoms with E-state index < -0.39 is 32.0 Å². The Labute approximate surface area is 159 Å². The average molecular weight is 388 g/mol. The van der Waals surface area contributed by atoms with Gasteiger partial charge in [0, 0.05) is 12.5 Å². The molecule has 0 rings (SSSR count). The summed E-state index contributed by atoms with van der Waals surface area (Å²) in [6, 6.07) is -0.514. The highest BCUT2D eigenvalue weighted by atomic mass is 28.4. The first kappa shape index (κ1) is 24.7. The van der Waals surface area contributed by atoms with Gasteiger partial charge in [-0.05, 0) is 38.9 Å². The fourth-order valence-corrected chi connectivity index (χ4v) is 2.94. The van der Waals surface area contributed by atoms with E-state index in [1.807, 2.05) is 0 Å². The normalized spacial score (nSPS) is 15.0. The number of nitrogens with one attached hydrogen (secondary N) is 1. The lowest BCUT2D eigenvalue weighted by molar-refractivity contribution is -0.141. The molecule has 0 aliphatic rings. The van der Waals surface area contributed by atoms with Crippen molar-refractivity contribution in [1.29, 1.82) is 0 Å². The van der Waals surface area contributed by atoms with Crippen LogP contribution in [-0.2, 0) is 18.7 Å². The third kappa shape index (κ3) is 8.85. The fourth-order valence-electron chi connectivity index (χ4n) is 1.90. The van der Waals surface area contributed by atoms with E-state index in [2.05, 4.69) is 45.8 Å². The first-order valence-electron chi connectivity index (χ1n) is 8.96. The van der Waals surface area contributed by atoms with Crippen molar-refractivity contribution < 1.29 is 23.5 Å². The van der Waals surface area contributed by atoms with E-state index in [1.165, 1.54) is 7.11 Å². The number of carbonyl (C=O) groups excluding carboxylic acids is 2. The number of ether oxygens (including phenoxy) is 2. The van der Waals surface area contributed by atoms with E-state index in [9.17, 15) is 9.59 Å². The minimum atomic E-state index is -1.96. The Balaban J connectivity index is 5.20. The summed E-state index contributed by atoms with van der Waals surface area (Å²) in [6.45, 7) is 20.4. The average Bonchev–Trinajstić information content (AvgIpc) is 2.44. The molecular weight excluding hydrogens is 350 g/mol. The molecule has 1 N–H and O–H groups in total. The number of hydrogen-bond donors (Lipinski definition) is 1. The van der Waals surface area contributed by atoms with Crippen molar-refractivity contribution in [3.8, 4) is 0 Å². The number of esters is 1. The Morgan fingerprint density at radius 1 is 1.15 bits per heavy atom. The minimum absolute atomic E-state index is 0.0211. The van der Waals surface area contributed by atoms with Crippen LogP contribution in [0.15, 0.2) is 12.7 Å². The molecule has 0 aliphatic carbocycles. The second-order valence-electron chi connectivity index (χ2n) is 9.00. The predicted molar refractivity (Wildman–Crippen MR) is 107 cm³/mol. The van der Waals surface area contributed by atoms with Crippen molar-refractivity contribution in [2.24, 2.45) is 5.92 Å². The molecule has 0 aliphatic heterocycles. The SMILES string of the molecule is C=C[C@@H](CO[Si](C)(C)C(C)(C)C)[C@@H](CC(=O)OC)NC(=O)OC(C)(C)C. The van der Waals surface area contributed by atoms with E-state index in [0.717, 1.165) is 0 Å². The highest BCUT2D eigenvalue weighted by Gasteiger charge is 2.38. The molecule has 0 fully saturated rings. The van der Waals surface area contributed by atoms with Crippen LogP contribution in [0.3, 0.4) is 0 Å². The van der Waals surface area contributed by atoms with Crippen molar-refractivity contribution in [1.82, 2.24) is 5.32 Å². The molecular formula is C19H37NO5Si. The fraction of sp³-hybridized carbons (Fsp3) is 0.789. The summed E-state index contributed by atoms with van der Waals surface area (Å²) >= 11 is 0. The molecule has 0 aromatic heterocycles. The number of methoxy groups -OCH3 is 1. The van der Waals surface area contributed by atoms with Gasteiger partial charge in [0.05, 0.1) is 19.6 Å². The van der Waals surface area contributed by atoms with E-state index in [0.29, 0.717) is 6.61 Å². The number of rotatable bonds is 8. The maximum absolute atomic E-state index is 12.2. The topological polar surface area (TPSA) is 73.9 Å². The Bertz CT molecular complexity index is 491. The largest absolute Gasteiger partial charge is 0.469 e. The van der Waals surface area contributed by atoms with Crippen molar-refractivity contribution in [2.45, 2.75) is 77.7 Å². The van der Waals surface area contributed by atoms with Crippen LogP contribution in [0.25, 0.3) is 0 Å². The maximum atomic E-state index is 12.2. The lowest BCUT2D eigenvalue weighted by atomic mass is 9.98. The molecule has 0 aromatic rings. The molecule has 0 unspecified atom stereocenters. The molecule has 0 aromatic carbocycles. The molecule has 0 bridgehead atoms. The number of carbonyl (C=O) groups is 2. The number of amides is 1. The van der Waals surface area contributed by atoms with Gasteiger partial charge in [-0.25, -0.2) is 4.79 Å². The Hall–Kier alpha value is -1.34.